The number of halogens is 2. The molecule has 1 saturated heterocycles. The first kappa shape index (κ1) is 17.3. The Hall–Kier alpha value is -1.01. The molecule has 1 aliphatic heterocycles. The second-order valence-corrected chi connectivity index (χ2v) is 6.25. The predicted molar refractivity (Wildman–Crippen MR) is 84.5 cm³/mol. The Morgan fingerprint density at radius 1 is 1.36 bits per heavy atom. The topological polar surface area (TPSA) is 67.8 Å². The molecule has 1 aliphatic rings. The molecule has 0 aliphatic carbocycles. The van der Waals surface area contributed by atoms with E-state index in [1.165, 1.54) is 0 Å². The zero-order valence-electron chi connectivity index (χ0n) is 12.1. The SMILES string of the molecule is O=C(COc1ccc(Cl)cc1Cl)NCC1(CO)CCOCC1. The minimum atomic E-state index is -0.300. The van der Waals surface area contributed by atoms with E-state index in [2.05, 4.69) is 5.32 Å². The van der Waals surface area contributed by atoms with Crippen LogP contribution in [0.4, 0.5) is 0 Å². The molecular weight excluding hydrogens is 329 g/mol. The second kappa shape index (κ2) is 8.02. The molecule has 1 fully saturated rings. The minimum absolute atomic E-state index is 0.0283. The lowest BCUT2D eigenvalue weighted by Gasteiger charge is -2.35. The van der Waals surface area contributed by atoms with Crippen molar-refractivity contribution in [2.75, 3.05) is 33.0 Å². The van der Waals surface area contributed by atoms with Gasteiger partial charge in [-0.25, -0.2) is 0 Å². The highest BCUT2D eigenvalue weighted by atomic mass is 35.5. The zero-order chi connectivity index (χ0) is 16.0. The number of nitrogens with one attached hydrogen (secondary N) is 1. The maximum atomic E-state index is 11.9. The Labute approximate surface area is 139 Å². The number of aliphatic hydroxyl groups is 1. The van der Waals surface area contributed by atoms with Crippen molar-refractivity contribution >= 4 is 29.1 Å². The van der Waals surface area contributed by atoms with Crippen LogP contribution < -0.4 is 10.1 Å². The number of ether oxygens (including phenoxy) is 2. The molecule has 0 bridgehead atoms. The van der Waals surface area contributed by atoms with Gasteiger partial charge < -0.3 is 19.9 Å². The van der Waals surface area contributed by atoms with Gasteiger partial charge in [-0.2, -0.15) is 0 Å². The molecule has 0 atom stereocenters. The van der Waals surface area contributed by atoms with E-state index in [1.807, 2.05) is 0 Å². The number of carbonyl (C=O) groups excluding carboxylic acids is 1. The second-order valence-electron chi connectivity index (χ2n) is 5.41. The van der Waals surface area contributed by atoms with Crippen LogP contribution in [0.5, 0.6) is 5.75 Å². The predicted octanol–water partition coefficient (Wildman–Crippen LogP) is 2.28. The maximum absolute atomic E-state index is 11.9. The van der Waals surface area contributed by atoms with Crippen molar-refractivity contribution in [2.45, 2.75) is 12.8 Å². The summed E-state index contributed by atoms with van der Waals surface area (Å²) in [5.74, 6) is 0.148. The first-order chi connectivity index (χ1) is 10.5. The molecule has 5 nitrogen and oxygen atoms in total. The summed E-state index contributed by atoms with van der Waals surface area (Å²) < 4.78 is 10.7. The number of amides is 1. The van der Waals surface area contributed by atoms with Gasteiger partial charge in [0.05, 0.1) is 11.6 Å². The summed E-state index contributed by atoms with van der Waals surface area (Å²) in [4.78, 5) is 11.9. The highest BCUT2D eigenvalue weighted by Crippen LogP contribution is 2.29. The number of hydrogen-bond donors (Lipinski definition) is 2. The van der Waals surface area contributed by atoms with Crippen LogP contribution in [0.25, 0.3) is 0 Å². The third-order valence-corrected chi connectivity index (χ3v) is 4.33. The molecule has 2 rings (SSSR count). The first-order valence-electron chi connectivity index (χ1n) is 7.08. The molecule has 2 N–H and O–H groups in total. The van der Waals surface area contributed by atoms with Gasteiger partial charge in [0.25, 0.3) is 5.91 Å². The smallest absolute Gasteiger partial charge is 0.257 e. The fourth-order valence-corrected chi connectivity index (χ4v) is 2.73. The monoisotopic (exact) mass is 347 g/mol. The lowest BCUT2D eigenvalue weighted by atomic mass is 9.81. The average molecular weight is 348 g/mol. The van der Waals surface area contributed by atoms with Crippen LogP contribution in [0, 0.1) is 5.41 Å². The highest BCUT2D eigenvalue weighted by Gasteiger charge is 2.32. The molecule has 1 aromatic rings. The van der Waals surface area contributed by atoms with Gasteiger partial charge in [-0.3, -0.25) is 4.79 Å². The van der Waals surface area contributed by atoms with E-state index in [1.54, 1.807) is 18.2 Å². The molecule has 0 aromatic heterocycles. The highest BCUT2D eigenvalue weighted by molar-refractivity contribution is 6.35. The Morgan fingerprint density at radius 3 is 2.73 bits per heavy atom. The van der Waals surface area contributed by atoms with Gasteiger partial charge in [-0.05, 0) is 31.0 Å². The molecule has 122 valence electrons. The number of benzene rings is 1. The van der Waals surface area contributed by atoms with Crippen LogP contribution in [-0.4, -0.2) is 44.0 Å². The summed E-state index contributed by atoms with van der Waals surface area (Å²) >= 11 is 11.8. The van der Waals surface area contributed by atoms with Crippen molar-refractivity contribution in [3.63, 3.8) is 0 Å². The van der Waals surface area contributed by atoms with Crippen LogP contribution in [0.3, 0.4) is 0 Å². The number of aliphatic hydroxyl groups excluding tert-OH is 1. The van der Waals surface area contributed by atoms with E-state index in [0.29, 0.717) is 35.6 Å². The summed E-state index contributed by atoms with van der Waals surface area (Å²) in [6.07, 6.45) is 1.46. The van der Waals surface area contributed by atoms with Gasteiger partial charge in [0.2, 0.25) is 0 Å². The summed E-state index contributed by atoms with van der Waals surface area (Å²) in [6.45, 7) is 1.50. The van der Waals surface area contributed by atoms with Gasteiger partial charge in [0.1, 0.15) is 5.75 Å². The quantitative estimate of drug-likeness (QED) is 0.828. The van der Waals surface area contributed by atoms with Crippen molar-refractivity contribution in [3.8, 4) is 5.75 Å². The van der Waals surface area contributed by atoms with Crippen molar-refractivity contribution < 1.29 is 19.4 Å². The minimum Gasteiger partial charge on any atom is -0.482 e. The standard InChI is InChI=1S/C15H19Cl2NO4/c16-11-1-2-13(12(17)7-11)22-8-14(20)18-9-15(10-19)3-5-21-6-4-15/h1-2,7,19H,3-6,8-10H2,(H,18,20). The normalized spacial score (nSPS) is 17.0. The average Bonchev–Trinajstić information content (AvgIpc) is 2.53. The van der Waals surface area contributed by atoms with Crippen LogP contribution in [-0.2, 0) is 9.53 Å². The Kier molecular flexibility index (Phi) is 6.32. The van der Waals surface area contributed by atoms with Gasteiger partial charge in [-0.1, -0.05) is 23.2 Å². The maximum Gasteiger partial charge on any atom is 0.257 e. The summed E-state index contributed by atoms with van der Waals surface area (Å²) in [6, 6.07) is 4.81. The fourth-order valence-electron chi connectivity index (χ4n) is 2.27. The Balaban J connectivity index is 1.80. The van der Waals surface area contributed by atoms with Crippen LogP contribution in [0.1, 0.15) is 12.8 Å². The van der Waals surface area contributed by atoms with Crippen LogP contribution in [0.2, 0.25) is 10.0 Å². The van der Waals surface area contributed by atoms with Crippen molar-refractivity contribution in [1.29, 1.82) is 0 Å². The van der Waals surface area contributed by atoms with Gasteiger partial charge in [0.15, 0.2) is 6.61 Å². The molecule has 0 saturated carbocycles. The van der Waals surface area contributed by atoms with E-state index in [0.717, 1.165) is 12.8 Å². The molecule has 22 heavy (non-hydrogen) atoms. The largest absolute Gasteiger partial charge is 0.482 e. The summed E-state index contributed by atoms with van der Waals surface area (Å²) in [5, 5.41) is 13.2. The van der Waals surface area contributed by atoms with Gasteiger partial charge in [-0.15, -0.1) is 0 Å². The van der Waals surface area contributed by atoms with E-state index in [-0.39, 0.29) is 24.5 Å². The number of hydrogen-bond acceptors (Lipinski definition) is 4. The van der Waals surface area contributed by atoms with Gasteiger partial charge >= 0.3 is 0 Å². The molecule has 1 aromatic carbocycles. The molecular formula is C15H19Cl2NO4. The van der Waals surface area contributed by atoms with E-state index in [4.69, 9.17) is 32.7 Å². The Morgan fingerprint density at radius 2 is 2.09 bits per heavy atom. The third kappa shape index (κ3) is 4.74. The van der Waals surface area contributed by atoms with E-state index < -0.39 is 0 Å². The van der Waals surface area contributed by atoms with Crippen molar-refractivity contribution in [3.05, 3.63) is 28.2 Å². The van der Waals surface area contributed by atoms with Gasteiger partial charge in [0, 0.05) is 30.2 Å². The lowest BCUT2D eigenvalue weighted by Crippen LogP contribution is -2.44. The lowest BCUT2D eigenvalue weighted by molar-refractivity contribution is -0.124. The Bertz CT molecular complexity index is 518. The van der Waals surface area contributed by atoms with E-state index >= 15 is 0 Å². The van der Waals surface area contributed by atoms with Crippen LogP contribution in [0.15, 0.2) is 18.2 Å². The van der Waals surface area contributed by atoms with Crippen LogP contribution >= 0.6 is 23.2 Å². The molecule has 1 heterocycles. The van der Waals surface area contributed by atoms with E-state index in [9.17, 15) is 9.90 Å². The molecule has 0 spiro atoms. The fraction of sp³-hybridized carbons (Fsp3) is 0.533. The molecule has 7 heteroatoms. The van der Waals surface area contributed by atoms with Crippen molar-refractivity contribution in [1.82, 2.24) is 5.32 Å². The number of rotatable bonds is 6. The first-order valence-corrected chi connectivity index (χ1v) is 7.83. The molecule has 0 unspecified atom stereocenters. The summed E-state index contributed by atoms with van der Waals surface area (Å²) in [5.41, 5.74) is -0.300. The summed E-state index contributed by atoms with van der Waals surface area (Å²) in [7, 11) is 0. The van der Waals surface area contributed by atoms with Crippen molar-refractivity contribution in [2.24, 2.45) is 5.41 Å². The number of carbonyl (C=O) groups is 1. The zero-order valence-corrected chi connectivity index (χ0v) is 13.6. The third-order valence-electron chi connectivity index (χ3n) is 3.80. The molecule has 1 amide bonds. The molecule has 0 radical (unpaired) electrons.